The lowest BCUT2D eigenvalue weighted by Gasteiger charge is -2.27. The molecule has 1 unspecified atom stereocenters. The molecule has 1 aromatic carbocycles. The second-order valence-electron chi connectivity index (χ2n) is 11.5. The summed E-state index contributed by atoms with van der Waals surface area (Å²) in [6, 6.07) is 7.52. The van der Waals surface area contributed by atoms with Gasteiger partial charge in [0, 0.05) is 5.56 Å². The zero-order chi connectivity index (χ0) is 27.7. The predicted octanol–water partition coefficient (Wildman–Crippen LogP) is 9.73. The third-order valence-electron chi connectivity index (χ3n) is 8.15. The maximum Gasteiger partial charge on any atom is 0.314 e. The van der Waals surface area contributed by atoms with Crippen LogP contribution in [0.15, 0.2) is 36.7 Å². The molecular formula is C34H52N2O3. The SMILES string of the molecule is CCCCCCCCC(CCC)Oc1cnc(-c2ccc(OC(=O)C3CCC(CCCCC)CC3)cc2)nc1. The molecule has 1 fully saturated rings. The van der Waals surface area contributed by atoms with Crippen LogP contribution in [-0.4, -0.2) is 22.0 Å². The van der Waals surface area contributed by atoms with E-state index in [1.165, 1.54) is 64.2 Å². The van der Waals surface area contributed by atoms with Crippen LogP contribution in [0, 0.1) is 11.8 Å². The first kappa shape index (κ1) is 31.1. The van der Waals surface area contributed by atoms with Crippen LogP contribution < -0.4 is 9.47 Å². The number of hydrogen-bond acceptors (Lipinski definition) is 5. The minimum Gasteiger partial charge on any atom is -0.487 e. The topological polar surface area (TPSA) is 61.3 Å². The average Bonchev–Trinajstić information content (AvgIpc) is 2.96. The Morgan fingerprint density at radius 2 is 1.41 bits per heavy atom. The van der Waals surface area contributed by atoms with Gasteiger partial charge in [-0.05, 0) is 75.1 Å². The predicted molar refractivity (Wildman–Crippen MR) is 160 cm³/mol. The Morgan fingerprint density at radius 1 is 0.769 bits per heavy atom. The van der Waals surface area contributed by atoms with E-state index in [9.17, 15) is 4.79 Å². The van der Waals surface area contributed by atoms with Crippen molar-refractivity contribution in [1.29, 1.82) is 0 Å². The lowest BCUT2D eigenvalue weighted by Crippen LogP contribution is -2.25. The fourth-order valence-corrected chi connectivity index (χ4v) is 5.70. The number of ether oxygens (including phenoxy) is 2. The van der Waals surface area contributed by atoms with Gasteiger partial charge in [-0.2, -0.15) is 0 Å². The van der Waals surface area contributed by atoms with Crippen LogP contribution >= 0.6 is 0 Å². The van der Waals surface area contributed by atoms with Gasteiger partial charge >= 0.3 is 5.97 Å². The molecule has 2 aromatic rings. The van der Waals surface area contributed by atoms with E-state index in [1.807, 2.05) is 24.3 Å². The number of esters is 1. The molecule has 0 N–H and O–H groups in total. The van der Waals surface area contributed by atoms with Gasteiger partial charge in [0.25, 0.3) is 0 Å². The maximum atomic E-state index is 12.7. The number of benzene rings is 1. The van der Waals surface area contributed by atoms with Gasteiger partial charge < -0.3 is 9.47 Å². The maximum absolute atomic E-state index is 12.7. The molecule has 0 spiro atoms. The molecule has 1 aliphatic carbocycles. The molecule has 3 rings (SSSR count). The first-order chi connectivity index (χ1) is 19.1. The Balaban J connectivity index is 1.44. The van der Waals surface area contributed by atoms with E-state index in [0.717, 1.165) is 62.2 Å². The van der Waals surface area contributed by atoms with Crippen LogP contribution in [0.4, 0.5) is 0 Å². The fourth-order valence-electron chi connectivity index (χ4n) is 5.70. The van der Waals surface area contributed by atoms with E-state index in [-0.39, 0.29) is 18.0 Å². The number of hydrogen-bond donors (Lipinski definition) is 0. The molecule has 1 aromatic heterocycles. The van der Waals surface area contributed by atoms with Gasteiger partial charge in [-0.1, -0.05) is 85.0 Å². The van der Waals surface area contributed by atoms with Gasteiger partial charge in [0.1, 0.15) is 5.75 Å². The summed E-state index contributed by atoms with van der Waals surface area (Å²) in [6.45, 7) is 6.71. The molecule has 0 amide bonds. The number of aromatic nitrogens is 2. The molecule has 5 heteroatoms. The summed E-state index contributed by atoms with van der Waals surface area (Å²) in [5.74, 6) is 2.69. The first-order valence-corrected chi connectivity index (χ1v) is 15.9. The van der Waals surface area contributed by atoms with E-state index >= 15 is 0 Å². The Bertz CT molecular complexity index is 920. The van der Waals surface area contributed by atoms with Crippen LogP contribution in [0.3, 0.4) is 0 Å². The van der Waals surface area contributed by atoms with Gasteiger partial charge in [-0.3, -0.25) is 4.79 Å². The molecular weight excluding hydrogens is 484 g/mol. The summed E-state index contributed by atoms with van der Waals surface area (Å²) in [6.07, 6.45) is 24.2. The Labute approximate surface area is 237 Å². The van der Waals surface area contributed by atoms with Gasteiger partial charge in [-0.15, -0.1) is 0 Å². The van der Waals surface area contributed by atoms with E-state index < -0.39 is 0 Å². The number of carbonyl (C=O) groups is 1. The smallest absolute Gasteiger partial charge is 0.314 e. The van der Waals surface area contributed by atoms with Crippen molar-refractivity contribution < 1.29 is 14.3 Å². The highest BCUT2D eigenvalue weighted by Gasteiger charge is 2.27. The lowest BCUT2D eigenvalue weighted by atomic mass is 9.80. The number of nitrogens with zero attached hydrogens (tertiary/aromatic N) is 2. The van der Waals surface area contributed by atoms with Crippen LogP contribution in [0.5, 0.6) is 11.5 Å². The van der Waals surface area contributed by atoms with Gasteiger partial charge in [-0.25, -0.2) is 9.97 Å². The summed E-state index contributed by atoms with van der Waals surface area (Å²) in [7, 11) is 0. The molecule has 1 aliphatic rings. The molecule has 0 aliphatic heterocycles. The number of carbonyl (C=O) groups excluding carboxylic acids is 1. The van der Waals surface area contributed by atoms with E-state index in [0.29, 0.717) is 11.6 Å². The van der Waals surface area contributed by atoms with Crippen LogP contribution in [0.25, 0.3) is 11.4 Å². The minimum absolute atomic E-state index is 0.0283. The van der Waals surface area contributed by atoms with E-state index in [1.54, 1.807) is 12.4 Å². The highest BCUT2D eigenvalue weighted by molar-refractivity contribution is 5.75. The van der Waals surface area contributed by atoms with Crippen molar-refractivity contribution in [3.05, 3.63) is 36.7 Å². The van der Waals surface area contributed by atoms with Gasteiger partial charge in [0.15, 0.2) is 11.6 Å². The summed E-state index contributed by atoms with van der Waals surface area (Å²) < 4.78 is 12.0. The van der Waals surface area contributed by atoms with E-state index in [4.69, 9.17) is 9.47 Å². The van der Waals surface area contributed by atoms with Crippen LogP contribution in [-0.2, 0) is 4.79 Å². The molecule has 1 atom stereocenters. The summed E-state index contributed by atoms with van der Waals surface area (Å²) >= 11 is 0. The molecule has 1 heterocycles. The highest BCUT2D eigenvalue weighted by atomic mass is 16.5. The average molecular weight is 537 g/mol. The van der Waals surface area contributed by atoms with Crippen molar-refractivity contribution in [3.63, 3.8) is 0 Å². The molecule has 216 valence electrons. The monoisotopic (exact) mass is 536 g/mol. The number of rotatable bonds is 18. The minimum atomic E-state index is -0.0879. The lowest BCUT2D eigenvalue weighted by molar-refractivity contribution is -0.140. The second-order valence-corrected chi connectivity index (χ2v) is 11.5. The normalized spacial score (nSPS) is 18.0. The molecule has 1 saturated carbocycles. The molecule has 0 saturated heterocycles. The van der Waals surface area contributed by atoms with Gasteiger partial charge in [0.2, 0.25) is 0 Å². The zero-order valence-corrected chi connectivity index (χ0v) is 24.8. The van der Waals surface area contributed by atoms with Crippen molar-refractivity contribution in [2.24, 2.45) is 11.8 Å². The van der Waals surface area contributed by atoms with Crippen molar-refractivity contribution in [2.45, 2.75) is 136 Å². The summed E-state index contributed by atoms with van der Waals surface area (Å²) in [4.78, 5) is 21.8. The first-order valence-electron chi connectivity index (χ1n) is 15.9. The summed E-state index contributed by atoms with van der Waals surface area (Å²) in [5, 5.41) is 0. The number of unbranched alkanes of at least 4 members (excludes halogenated alkanes) is 7. The van der Waals surface area contributed by atoms with Crippen molar-refractivity contribution >= 4 is 5.97 Å². The van der Waals surface area contributed by atoms with Crippen molar-refractivity contribution in [3.8, 4) is 22.9 Å². The third-order valence-corrected chi connectivity index (χ3v) is 8.15. The largest absolute Gasteiger partial charge is 0.487 e. The summed E-state index contributed by atoms with van der Waals surface area (Å²) in [5.41, 5.74) is 0.895. The van der Waals surface area contributed by atoms with E-state index in [2.05, 4.69) is 30.7 Å². The fraction of sp³-hybridized carbons (Fsp3) is 0.676. The molecule has 0 radical (unpaired) electrons. The second kappa shape index (κ2) is 18.0. The Morgan fingerprint density at radius 3 is 2.08 bits per heavy atom. The van der Waals surface area contributed by atoms with Crippen LogP contribution in [0.1, 0.15) is 130 Å². The van der Waals surface area contributed by atoms with Gasteiger partial charge in [0.05, 0.1) is 24.4 Å². The molecule has 0 bridgehead atoms. The van der Waals surface area contributed by atoms with Crippen molar-refractivity contribution in [1.82, 2.24) is 9.97 Å². The highest BCUT2D eigenvalue weighted by Crippen LogP contribution is 2.33. The van der Waals surface area contributed by atoms with Crippen LogP contribution in [0.2, 0.25) is 0 Å². The quantitative estimate of drug-likeness (QED) is 0.108. The molecule has 5 nitrogen and oxygen atoms in total. The third kappa shape index (κ3) is 11.3. The van der Waals surface area contributed by atoms with Crippen molar-refractivity contribution in [2.75, 3.05) is 0 Å². The Kier molecular flexibility index (Phi) is 14.4. The zero-order valence-electron chi connectivity index (χ0n) is 24.8. The standard InChI is InChI=1S/C34H52N2O3/c1-4-7-9-10-11-13-16-30(14-6-3)38-32-25-35-33(36-26-32)28-21-23-31(24-22-28)39-34(37)29-19-17-27(18-20-29)15-12-8-5-2/h21-27,29-30H,4-20H2,1-3H3. The molecule has 39 heavy (non-hydrogen) atoms. The Hall–Kier alpha value is -2.43.